The highest BCUT2D eigenvalue weighted by molar-refractivity contribution is 6.11. The zero-order valence-electron chi connectivity index (χ0n) is 11.0. The summed E-state index contributed by atoms with van der Waals surface area (Å²) in [4.78, 5) is 35.1. The molecule has 0 heterocycles. The molecule has 3 nitrogen and oxygen atoms in total. The molecule has 0 spiro atoms. The van der Waals surface area contributed by atoms with Crippen molar-refractivity contribution in [1.82, 2.24) is 0 Å². The number of hydrogen-bond acceptors (Lipinski definition) is 3. The van der Waals surface area contributed by atoms with E-state index < -0.39 is 5.41 Å². The van der Waals surface area contributed by atoms with Gasteiger partial charge in [0.05, 0.1) is 0 Å². The molecule has 0 unspecified atom stereocenters. The van der Waals surface area contributed by atoms with Crippen LogP contribution in [0.3, 0.4) is 0 Å². The van der Waals surface area contributed by atoms with Gasteiger partial charge in [-0.2, -0.15) is 0 Å². The maximum atomic E-state index is 12.0. The van der Waals surface area contributed by atoms with Gasteiger partial charge in [-0.1, -0.05) is 30.3 Å². The van der Waals surface area contributed by atoms with Crippen LogP contribution in [0.25, 0.3) is 0 Å². The van der Waals surface area contributed by atoms with Crippen LogP contribution < -0.4 is 0 Å². The lowest BCUT2D eigenvalue weighted by Crippen LogP contribution is -2.41. The molecule has 96 valence electrons. The Labute approximate surface area is 107 Å². The summed E-state index contributed by atoms with van der Waals surface area (Å²) in [5.74, 6) is -0.428. The second-order valence-electron chi connectivity index (χ2n) is 4.59. The van der Waals surface area contributed by atoms with Gasteiger partial charge in [0.1, 0.15) is 22.8 Å². The van der Waals surface area contributed by atoms with E-state index >= 15 is 0 Å². The number of Topliss-reactive ketones (excluding diaryl/α,β-unsaturated/α-hetero) is 3. The molecule has 18 heavy (non-hydrogen) atoms. The molecule has 0 amide bonds. The van der Waals surface area contributed by atoms with Crippen LogP contribution in [0.5, 0.6) is 0 Å². The first-order valence-corrected chi connectivity index (χ1v) is 5.98. The Kier molecular flexibility index (Phi) is 4.54. The van der Waals surface area contributed by atoms with Gasteiger partial charge in [-0.05, 0) is 32.8 Å². The number of carbonyl (C=O) groups excluding carboxylic acids is 3. The van der Waals surface area contributed by atoms with E-state index in [1.807, 2.05) is 6.07 Å². The van der Waals surface area contributed by atoms with Gasteiger partial charge in [-0.15, -0.1) is 0 Å². The van der Waals surface area contributed by atoms with Crippen LogP contribution >= 0.6 is 0 Å². The summed E-state index contributed by atoms with van der Waals surface area (Å²) in [6.45, 7) is 4.29. The first kappa shape index (κ1) is 14.3. The number of hydrogen-bond donors (Lipinski definition) is 0. The number of carbonyl (C=O) groups is 3. The van der Waals surface area contributed by atoms with E-state index in [0.29, 0.717) is 5.56 Å². The van der Waals surface area contributed by atoms with E-state index in [0.717, 1.165) is 0 Å². The highest BCUT2D eigenvalue weighted by Gasteiger charge is 2.41. The fourth-order valence-corrected chi connectivity index (χ4v) is 2.24. The molecule has 0 aliphatic carbocycles. The van der Waals surface area contributed by atoms with Crippen molar-refractivity contribution < 1.29 is 14.4 Å². The van der Waals surface area contributed by atoms with E-state index in [9.17, 15) is 14.4 Å². The van der Waals surface area contributed by atoms with Crippen molar-refractivity contribution in [3.8, 4) is 0 Å². The molecule has 0 saturated carbocycles. The van der Waals surface area contributed by atoms with Crippen molar-refractivity contribution in [2.24, 2.45) is 0 Å². The van der Waals surface area contributed by atoms with Gasteiger partial charge in [-0.3, -0.25) is 9.59 Å². The Hall–Kier alpha value is -1.77. The number of benzene rings is 1. The SMILES string of the molecule is CC(=O)CCC(C(C)=O)(C(C)=O)c1ccccc1. The third kappa shape index (κ3) is 2.73. The van der Waals surface area contributed by atoms with Gasteiger partial charge in [0.2, 0.25) is 0 Å². The Balaban J connectivity index is 3.27. The standard InChI is InChI=1S/C15H18O3/c1-11(16)9-10-15(12(2)17,13(3)18)14-7-5-4-6-8-14/h4-8H,9-10H2,1-3H3. The van der Waals surface area contributed by atoms with Crippen LogP contribution in [0.1, 0.15) is 39.2 Å². The molecule has 0 aromatic heterocycles. The van der Waals surface area contributed by atoms with Crippen molar-refractivity contribution in [2.75, 3.05) is 0 Å². The summed E-state index contributed by atoms with van der Waals surface area (Å²) in [6.07, 6.45) is 0.477. The van der Waals surface area contributed by atoms with E-state index in [1.54, 1.807) is 24.3 Å². The summed E-state index contributed by atoms with van der Waals surface area (Å²) in [7, 11) is 0. The predicted octanol–water partition coefficient (Wildman–Crippen LogP) is 2.47. The molecule has 0 N–H and O–H groups in total. The second-order valence-corrected chi connectivity index (χ2v) is 4.59. The molecule has 1 aromatic rings. The minimum absolute atomic E-state index is 0.0159. The van der Waals surface area contributed by atoms with Gasteiger partial charge >= 0.3 is 0 Å². The molecular weight excluding hydrogens is 228 g/mol. The third-order valence-corrected chi connectivity index (χ3v) is 3.32. The van der Waals surface area contributed by atoms with Crippen LogP contribution in [0.15, 0.2) is 30.3 Å². The zero-order chi connectivity index (χ0) is 13.8. The summed E-state index contributed by atoms with van der Waals surface area (Å²) in [5, 5.41) is 0. The van der Waals surface area contributed by atoms with Gasteiger partial charge < -0.3 is 4.79 Å². The minimum atomic E-state index is -1.17. The van der Waals surface area contributed by atoms with Gasteiger partial charge in [0.15, 0.2) is 0 Å². The molecule has 0 radical (unpaired) electrons. The molecule has 0 saturated heterocycles. The molecule has 3 heteroatoms. The van der Waals surface area contributed by atoms with Crippen molar-refractivity contribution in [3.63, 3.8) is 0 Å². The highest BCUT2D eigenvalue weighted by atomic mass is 16.2. The average molecular weight is 246 g/mol. The monoisotopic (exact) mass is 246 g/mol. The van der Waals surface area contributed by atoms with Crippen LogP contribution in [0.2, 0.25) is 0 Å². The Morgan fingerprint density at radius 1 is 0.944 bits per heavy atom. The molecule has 0 aliphatic heterocycles. The lowest BCUT2D eigenvalue weighted by molar-refractivity contribution is -0.133. The predicted molar refractivity (Wildman–Crippen MR) is 69.4 cm³/mol. The lowest BCUT2D eigenvalue weighted by atomic mass is 9.70. The first-order valence-electron chi connectivity index (χ1n) is 5.98. The van der Waals surface area contributed by atoms with E-state index in [2.05, 4.69) is 0 Å². The highest BCUT2D eigenvalue weighted by Crippen LogP contribution is 2.32. The molecule has 0 atom stereocenters. The van der Waals surface area contributed by atoms with Crippen molar-refractivity contribution in [3.05, 3.63) is 35.9 Å². The normalized spacial score (nSPS) is 11.1. The fourth-order valence-electron chi connectivity index (χ4n) is 2.24. The minimum Gasteiger partial charge on any atom is -0.300 e. The molecular formula is C15H18O3. The molecule has 0 fully saturated rings. The molecule has 1 rings (SSSR count). The van der Waals surface area contributed by atoms with E-state index in [1.165, 1.54) is 20.8 Å². The summed E-state index contributed by atoms with van der Waals surface area (Å²) in [6, 6.07) is 8.96. The Morgan fingerprint density at radius 2 is 1.44 bits per heavy atom. The largest absolute Gasteiger partial charge is 0.300 e. The van der Waals surface area contributed by atoms with Crippen LogP contribution in [-0.4, -0.2) is 17.3 Å². The van der Waals surface area contributed by atoms with Gasteiger partial charge in [0.25, 0.3) is 0 Å². The topological polar surface area (TPSA) is 51.2 Å². The van der Waals surface area contributed by atoms with Crippen LogP contribution in [0, 0.1) is 0 Å². The zero-order valence-corrected chi connectivity index (χ0v) is 11.0. The van der Waals surface area contributed by atoms with Crippen molar-refractivity contribution in [1.29, 1.82) is 0 Å². The Bertz CT molecular complexity index is 446. The maximum absolute atomic E-state index is 12.0. The second kappa shape index (κ2) is 5.71. The van der Waals surface area contributed by atoms with Gasteiger partial charge in [0, 0.05) is 6.42 Å². The summed E-state index contributed by atoms with van der Waals surface area (Å²) in [5.41, 5.74) is -0.501. The Morgan fingerprint density at radius 3 is 1.83 bits per heavy atom. The number of rotatable bonds is 6. The third-order valence-electron chi connectivity index (χ3n) is 3.32. The average Bonchev–Trinajstić information content (AvgIpc) is 2.30. The molecule has 1 aromatic carbocycles. The maximum Gasteiger partial charge on any atom is 0.147 e. The summed E-state index contributed by atoms with van der Waals surface area (Å²) >= 11 is 0. The lowest BCUT2D eigenvalue weighted by Gasteiger charge is -2.28. The van der Waals surface area contributed by atoms with E-state index in [-0.39, 0.29) is 30.2 Å². The smallest absolute Gasteiger partial charge is 0.147 e. The van der Waals surface area contributed by atoms with Gasteiger partial charge in [-0.25, -0.2) is 0 Å². The molecule has 0 bridgehead atoms. The molecule has 0 aliphatic rings. The van der Waals surface area contributed by atoms with E-state index in [4.69, 9.17) is 0 Å². The van der Waals surface area contributed by atoms with Crippen molar-refractivity contribution in [2.45, 2.75) is 39.0 Å². The van der Waals surface area contributed by atoms with Crippen LogP contribution in [-0.2, 0) is 19.8 Å². The van der Waals surface area contributed by atoms with Crippen LogP contribution in [0.4, 0.5) is 0 Å². The fraction of sp³-hybridized carbons (Fsp3) is 0.400. The number of ketones is 3. The van der Waals surface area contributed by atoms with Crippen molar-refractivity contribution >= 4 is 17.3 Å². The summed E-state index contributed by atoms with van der Waals surface area (Å²) < 4.78 is 0. The quantitative estimate of drug-likeness (QED) is 0.724. The first-order chi connectivity index (χ1) is 8.41.